The summed E-state index contributed by atoms with van der Waals surface area (Å²) in [5.41, 5.74) is 5.26. The van der Waals surface area contributed by atoms with Crippen molar-refractivity contribution in [2.24, 2.45) is 5.73 Å². The highest BCUT2D eigenvalue weighted by atomic mass is 32.2. The summed E-state index contributed by atoms with van der Waals surface area (Å²) in [6.45, 7) is 0. The van der Waals surface area contributed by atoms with E-state index in [0.717, 1.165) is 24.3 Å². The molecular weight excluding hydrogens is 204 g/mol. The lowest BCUT2D eigenvalue weighted by molar-refractivity contribution is -0.120. The van der Waals surface area contributed by atoms with Crippen LogP contribution in [-0.2, 0) is 4.79 Å². The van der Waals surface area contributed by atoms with Crippen LogP contribution in [0.1, 0.15) is 19.3 Å². The zero-order chi connectivity index (χ0) is 9.68. The van der Waals surface area contributed by atoms with Crippen LogP contribution in [0.4, 0.5) is 0 Å². The van der Waals surface area contributed by atoms with Gasteiger partial charge in [-0.2, -0.15) is 11.8 Å². The van der Waals surface area contributed by atoms with Crippen LogP contribution in [0.5, 0.6) is 0 Å². The van der Waals surface area contributed by atoms with Crippen LogP contribution >= 0.6 is 24.0 Å². The molecule has 3 nitrogen and oxygen atoms in total. The molecule has 5 heteroatoms. The van der Waals surface area contributed by atoms with Gasteiger partial charge in [0.25, 0.3) is 0 Å². The fraction of sp³-hybridized carbons (Fsp3) is 0.750. The number of carbonyl (C=O) groups is 1. The third-order valence-electron chi connectivity index (χ3n) is 1.92. The van der Waals surface area contributed by atoms with E-state index in [0.29, 0.717) is 6.04 Å². The van der Waals surface area contributed by atoms with E-state index in [9.17, 15) is 4.79 Å². The molecule has 1 amide bonds. The van der Waals surface area contributed by atoms with Crippen molar-refractivity contribution in [3.8, 4) is 0 Å². The number of hydrogen-bond donors (Lipinski definition) is 2. The SMILES string of the molecule is NC(=S)CC(=O)NC1CCSCC1. The van der Waals surface area contributed by atoms with E-state index in [1.807, 2.05) is 11.8 Å². The number of rotatable bonds is 3. The second-order valence-corrected chi connectivity index (χ2v) is 4.85. The van der Waals surface area contributed by atoms with Crippen molar-refractivity contribution in [3.63, 3.8) is 0 Å². The molecule has 0 bridgehead atoms. The smallest absolute Gasteiger partial charge is 0.227 e. The van der Waals surface area contributed by atoms with Crippen LogP contribution in [0.3, 0.4) is 0 Å². The number of thioether (sulfide) groups is 1. The maximum Gasteiger partial charge on any atom is 0.227 e. The fourth-order valence-corrected chi connectivity index (χ4v) is 2.52. The molecule has 1 fully saturated rings. The molecule has 0 spiro atoms. The lowest BCUT2D eigenvalue weighted by Gasteiger charge is -2.22. The molecular formula is C8H14N2OS2. The monoisotopic (exact) mass is 218 g/mol. The number of thiocarbonyl (C=S) groups is 1. The van der Waals surface area contributed by atoms with Crippen molar-refractivity contribution < 1.29 is 4.79 Å². The molecule has 0 aromatic rings. The molecule has 0 saturated carbocycles. The standard InChI is InChI=1S/C8H14N2OS2/c9-7(12)5-8(11)10-6-1-3-13-4-2-6/h6H,1-5H2,(H2,9,12)(H,10,11). The third kappa shape index (κ3) is 4.47. The molecule has 0 unspecified atom stereocenters. The van der Waals surface area contributed by atoms with Gasteiger partial charge in [-0.1, -0.05) is 12.2 Å². The van der Waals surface area contributed by atoms with Gasteiger partial charge in [-0.05, 0) is 24.3 Å². The highest BCUT2D eigenvalue weighted by Gasteiger charge is 2.15. The van der Waals surface area contributed by atoms with Gasteiger partial charge in [0, 0.05) is 6.04 Å². The molecule has 0 aromatic heterocycles. The number of carbonyl (C=O) groups excluding carboxylic acids is 1. The zero-order valence-electron chi connectivity index (χ0n) is 7.41. The molecule has 1 aliphatic rings. The first kappa shape index (κ1) is 10.8. The van der Waals surface area contributed by atoms with Crippen molar-refractivity contribution >= 4 is 34.9 Å². The van der Waals surface area contributed by atoms with Crippen LogP contribution in [0.15, 0.2) is 0 Å². The summed E-state index contributed by atoms with van der Waals surface area (Å²) in [4.78, 5) is 11.5. The average Bonchev–Trinajstić information content (AvgIpc) is 2.04. The fourth-order valence-electron chi connectivity index (χ4n) is 1.28. The summed E-state index contributed by atoms with van der Waals surface area (Å²) >= 11 is 6.59. The van der Waals surface area contributed by atoms with Gasteiger partial charge in [0.05, 0.1) is 11.4 Å². The van der Waals surface area contributed by atoms with Crippen LogP contribution in [0, 0.1) is 0 Å². The zero-order valence-corrected chi connectivity index (χ0v) is 9.05. The van der Waals surface area contributed by atoms with Crippen LogP contribution in [0.2, 0.25) is 0 Å². The highest BCUT2D eigenvalue weighted by Crippen LogP contribution is 2.16. The van der Waals surface area contributed by atoms with Crippen molar-refractivity contribution in [1.29, 1.82) is 0 Å². The van der Waals surface area contributed by atoms with Gasteiger partial charge in [-0.15, -0.1) is 0 Å². The van der Waals surface area contributed by atoms with Crippen LogP contribution in [0.25, 0.3) is 0 Å². The van der Waals surface area contributed by atoms with Crippen molar-refractivity contribution in [1.82, 2.24) is 5.32 Å². The Morgan fingerprint density at radius 3 is 2.69 bits per heavy atom. The predicted molar refractivity (Wildman–Crippen MR) is 59.9 cm³/mol. The first-order valence-corrected chi connectivity index (χ1v) is 5.90. The Kier molecular flexibility index (Phi) is 4.52. The van der Waals surface area contributed by atoms with Gasteiger partial charge in [0.1, 0.15) is 0 Å². The number of nitrogens with one attached hydrogen (secondary N) is 1. The van der Waals surface area contributed by atoms with E-state index >= 15 is 0 Å². The summed E-state index contributed by atoms with van der Waals surface area (Å²) in [6, 6.07) is 0.336. The second kappa shape index (κ2) is 5.44. The minimum absolute atomic E-state index is 0.0376. The molecule has 0 aliphatic carbocycles. The van der Waals surface area contributed by atoms with E-state index in [-0.39, 0.29) is 17.3 Å². The minimum atomic E-state index is -0.0376. The van der Waals surface area contributed by atoms with Crippen LogP contribution in [-0.4, -0.2) is 28.4 Å². The second-order valence-electron chi connectivity index (χ2n) is 3.10. The van der Waals surface area contributed by atoms with E-state index < -0.39 is 0 Å². The first-order valence-electron chi connectivity index (χ1n) is 4.34. The average molecular weight is 218 g/mol. The van der Waals surface area contributed by atoms with Gasteiger partial charge in [0.2, 0.25) is 5.91 Å². The Bertz CT molecular complexity index is 202. The Balaban J connectivity index is 2.22. The molecule has 1 aliphatic heterocycles. The first-order chi connectivity index (χ1) is 6.18. The molecule has 1 rings (SSSR count). The van der Waals surface area contributed by atoms with Crippen molar-refractivity contribution in [2.75, 3.05) is 11.5 Å². The van der Waals surface area contributed by atoms with E-state index in [1.165, 1.54) is 0 Å². The lowest BCUT2D eigenvalue weighted by atomic mass is 10.1. The maximum absolute atomic E-state index is 11.2. The summed E-state index contributed by atoms with van der Waals surface area (Å²) in [5.74, 6) is 2.24. The van der Waals surface area contributed by atoms with E-state index in [4.69, 9.17) is 5.73 Å². The molecule has 1 heterocycles. The topological polar surface area (TPSA) is 55.1 Å². The van der Waals surface area contributed by atoms with Crippen LogP contribution < -0.4 is 11.1 Å². The predicted octanol–water partition coefficient (Wildman–Crippen LogP) is 0.674. The van der Waals surface area contributed by atoms with E-state index in [1.54, 1.807) is 0 Å². The number of amides is 1. The van der Waals surface area contributed by atoms with E-state index in [2.05, 4.69) is 17.5 Å². The Hall–Kier alpha value is -0.290. The molecule has 0 radical (unpaired) electrons. The van der Waals surface area contributed by atoms with Gasteiger partial charge in [-0.25, -0.2) is 0 Å². The lowest BCUT2D eigenvalue weighted by Crippen LogP contribution is -2.38. The van der Waals surface area contributed by atoms with Crippen molar-refractivity contribution in [2.45, 2.75) is 25.3 Å². The van der Waals surface area contributed by atoms with Crippen molar-refractivity contribution in [3.05, 3.63) is 0 Å². The quantitative estimate of drug-likeness (QED) is 0.684. The molecule has 0 aromatic carbocycles. The molecule has 0 atom stereocenters. The number of nitrogens with two attached hydrogens (primary N) is 1. The third-order valence-corrected chi connectivity index (χ3v) is 3.11. The Labute approximate surface area is 87.8 Å². The van der Waals surface area contributed by atoms with Gasteiger partial charge < -0.3 is 11.1 Å². The summed E-state index contributed by atoms with van der Waals surface area (Å²) in [5, 5.41) is 2.93. The van der Waals surface area contributed by atoms with Gasteiger partial charge in [0.15, 0.2) is 0 Å². The van der Waals surface area contributed by atoms with Gasteiger partial charge in [-0.3, -0.25) is 4.79 Å². The molecule has 13 heavy (non-hydrogen) atoms. The summed E-state index contributed by atoms with van der Waals surface area (Å²) < 4.78 is 0. The Morgan fingerprint density at radius 1 is 1.54 bits per heavy atom. The summed E-state index contributed by atoms with van der Waals surface area (Å²) in [7, 11) is 0. The van der Waals surface area contributed by atoms with Gasteiger partial charge >= 0.3 is 0 Å². The number of hydrogen-bond acceptors (Lipinski definition) is 3. The molecule has 3 N–H and O–H groups in total. The minimum Gasteiger partial charge on any atom is -0.393 e. The normalized spacial score (nSPS) is 18.2. The molecule has 1 saturated heterocycles. The Morgan fingerprint density at radius 2 is 2.15 bits per heavy atom. The maximum atomic E-state index is 11.2. The summed E-state index contributed by atoms with van der Waals surface area (Å²) in [6.07, 6.45) is 2.31. The molecule has 74 valence electrons. The largest absolute Gasteiger partial charge is 0.393 e. The highest BCUT2D eigenvalue weighted by molar-refractivity contribution is 7.99.